The number of nitrogen functional groups attached to an aromatic ring is 1. The Labute approximate surface area is 102 Å². The standard InChI is InChI=1S/C13H19N3O/c1-13(6-7-13)15-12(17)9-4-5-11(16(2)3)10(14)8-9/h4-5,8H,6-7,14H2,1-3H3,(H,15,17). The van der Waals surface area contributed by atoms with Crippen LogP contribution in [0.25, 0.3) is 0 Å². The number of nitrogens with one attached hydrogen (secondary N) is 1. The van der Waals surface area contributed by atoms with E-state index < -0.39 is 0 Å². The van der Waals surface area contributed by atoms with E-state index in [4.69, 9.17) is 5.73 Å². The topological polar surface area (TPSA) is 58.4 Å². The molecular weight excluding hydrogens is 214 g/mol. The highest BCUT2D eigenvalue weighted by Crippen LogP contribution is 2.34. The zero-order valence-electron chi connectivity index (χ0n) is 10.6. The summed E-state index contributed by atoms with van der Waals surface area (Å²) in [4.78, 5) is 13.9. The van der Waals surface area contributed by atoms with Crippen LogP contribution in [0.2, 0.25) is 0 Å². The van der Waals surface area contributed by atoms with Crippen molar-refractivity contribution in [3.05, 3.63) is 23.8 Å². The van der Waals surface area contributed by atoms with Gasteiger partial charge in [0.2, 0.25) is 0 Å². The number of benzene rings is 1. The first-order chi connectivity index (χ1) is 7.91. The number of nitrogens with two attached hydrogens (primary N) is 1. The fourth-order valence-corrected chi connectivity index (χ4v) is 1.76. The van der Waals surface area contributed by atoms with Crippen molar-refractivity contribution in [2.75, 3.05) is 24.7 Å². The van der Waals surface area contributed by atoms with Gasteiger partial charge in [-0.3, -0.25) is 4.79 Å². The molecule has 1 fully saturated rings. The number of rotatable bonds is 3. The van der Waals surface area contributed by atoms with Crippen LogP contribution in [0.3, 0.4) is 0 Å². The van der Waals surface area contributed by atoms with Gasteiger partial charge in [0, 0.05) is 25.2 Å². The van der Waals surface area contributed by atoms with Crippen LogP contribution in [-0.4, -0.2) is 25.5 Å². The Kier molecular flexibility index (Phi) is 2.73. The molecular formula is C13H19N3O. The summed E-state index contributed by atoms with van der Waals surface area (Å²) >= 11 is 0. The molecule has 4 nitrogen and oxygen atoms in total. The second kappa shape index (κ2) is 3.95. The van der Waals surface area contributed by atoms with Gasteiger partial charge in [-0.25, -0.2) is 0 Å². The van der Waals surface area contributed by atoms with Crippen molar-refractivity contribution in [2.24, 2.45) is 0 Å². The van der Waals surface area contributed by atoms with E-state index in [1.165, 1.54) is 0 Å². The van der Waals surface area contributed by atoms with Gasteiger partial charge in [0.15, 0.2) is 0 Å². The van der Waals surface area contributed by atoms with Crippen LogP contribution in [-0.2, 0) is 0 Å². The third kappa shape index (κ3) is 2.52. The molecule has 1 aromatic rings. The predicted molar refractivity (Wildman–Crippen MR) is 70.3 cm³/mol. The maximum atomic E-state index is 12.0. The number of carbonyl (C=O) groups excluding carboxylic acids is 1. The highest BCUT2D eigenvalue weighted by atomic mass is 16.1. The largest absolute Gasteiger partial charge is 0.397 e. The number of nitrogens with zero attached hydrogens (tertiary/aromatic N) is 1. The first kappa shape index (κ1) is 11.8. The molecule has 0 unspecified atom stereocenters. The summed E-state index contributed by atoms with van der Waals surface area (Å²) in [6, 6.07) is 5.42. The Morgan fingerprint density at radius 2 is 2.06 bits per heavy atom. The Morgan fingerprint density at radius 3 is 2.53 bits per heavy atom. The quantitative estimate of drug-likeness (QED) is 0.780. The summed E-state index contributed by atoms with van der Waals surface area (Å²) in [6.45, 7) is 2.06. The minimum absolute atomic E-state index is 0.00602. The molecule has 0 bridgehead atoms. The van der Waals surface area contributed by atoms with Crippen LogP contribution in [0, 0.1) is 0 Å². The Hall–Kier alpha value is -1.71. The zero-order valence-corrected chi connectivity index (χ0v) is 10.6. The van der Waals surface area contributed by atoms with Crippen molar-refractivity contribution in [3.8, 4) is 0 Å². The minimum atomic E-state index is -0.0398. The number of hydrogen-bond acceptors (Lipinski definition) is 3. The summed E-state index contributed by atoms with van der Waals surface area (Å²) in [5.74, 6) is -0.0398. The lowest BCUT2D eigenvalue weighted by molar-refractivity contribution is 0.0935. The molecule has 92 valence electrons. The van der Waals surface area contributed by atoms with Crippen LogP contribution in [0.5, 0.6) is 0 Å². The van der Waals surface area contributed by atoms with Crippen LogP contribution < -0.4 is 16.0 Å². The van der Waals surface area contributed by atoms with Gasteiger partial charge in [-0.15, -0.1) is 0 Å². The molecule has 0 heterocycles. The Balaban J connectivity index is 2.16. The van der Waals surface area contributed by atoms with E-state index >= 15 is 0 Å². The predicted octanol–water partition coefficient (Wildman–Crippen LogP) is 1.62. The molecule has 0 spiro atoms. The normalized spacial score (nSPS) is 16.4. The van der Waals surface area contributed by atoms with Crippen molar-refractivity contribution in [2.45, 2.75) is 25.3 Å². The van der Waals surface area contributed by atoms with Crippen molar-refractivity contribution in [1.29, 1.82) is 0 Å². The van der Waals surface area contributed by atoms with Crippen molar-refractivity contribution >= 4 is 17.3 Å². The summed E-state index contributed by atoms with van der Waals surface area (Å²) < 4.78 is 0. The Bertz CT molecular complexity index is 450. The zero-order chi connectivity index (χ0) is 12.6. The molecule has 1 saturated carbocycles. The average Bonchev–Trinajstić information content (AvgIpc) is 2.95. The average molecular weight is 233 g/mol. The monoisotopic (exact) mass is 233 g/mol. The lowest BCUT2D eigenvalue weighted by Crippen LogP contribution is -2.34. The van der Waals surface area contributed by atoms with Crippen molar-refractivity contribution in [1.82, 2.24) is 5.32 Å². The molecule has 2 rings (SSSR count). The van der Waals surface area contributed by atoms with E-state index in [1.54, 1.807) is 6.07 Å². The summed E-state index contributed by atoms with van der Waals surface area (Å²) in [5.41, 5.74) is 8.11. The van der Waals surface area contributed by atoms with Crippen molar-refractivity contribution < 1.29 is 4.79 Å². The second-order valence-corrected chi connectivity index (χ2v) is 5.18. The fraction of sp³-hybridized carbons (Fsp3) is 0.462. The summed E-state index contributed by atoms with van der Waals surface area (Å²) in [6.07, 6.45) is 2.12. The van der Waals surface area contributed by atoms with E-state index in [2.05, 4.69) is 12.2 Å². The van der Waals surface area contributed by atoms with E-state index in [9.17, 15) is 4.79 Å². The van der Waals surface area contributed by atoms with Gasteiger partial charge in [-0.2, -0.15) is 0 Å². The number of carbonyl (C=O) groups is 1. The van der Waals surface area contributed by atoms with Gasteiger partial charge in [-0.05, 0) is 38.0 Å². The third-order valence-electron chi connectivity index (χ3n) is 3.19. The molecule has 0 atom stereocenters. The molecule has 0 radical (unpaired) electrons. The number of hydrogen-bond donors (Lipinski definition) is 2. The van der Waals surface area contributed by atoms with Gasteiger partial charge in [0.1, 0.15) is 0 Å². The minimum Gasteiger partial charge on any atom is -0.397 e. The summed E-state index contributed by atoms with van der Waals surface area (Å²) in [7, 11) is 3.85. The van der Waals surface area contributed by atoms with Gasteiger partial charge < -0.3 is 16.0 Å². The maximum Gasteiger partial charge on any atom is 0.251 e. The van der Waals surface area contributed by atoms with Crippen LogP contribution >= 0.6 is 0 Å². The first-order valence-electron chi connectivity index (χ1n) is 5.81. The highest BCUT2D eigenvalue weighted by Gasteiger charge is 2.38. The molecule has 1 amide bonds. The smallest absolute Gasteiger partial charge is 0.251 e. The molecule has 0 aliphatic heterocycles. The van der Waals surface area contributed by atoms with Crippen LogP contribution in [0.4, 0.5) is 11.4 Å². The second-order valence-electron chi connectivity index (χ2n) is 5.18. The maximum absolute atomic E-state index is 12.0. The molecule has 1 aliphatic carbocycles. The van der Waals surface area contributed by atoms with E-state index in [-0.39, 0.29) is 11.4 Å². The van der Waals surface area contributed by atoms with Gasteiger partial charge >= 0.3 is 0 Å². The van der Waals surface area contributed by atoms with Gasteiger partial charge in [0.05, 0.1) is 11.4 Å². The van der Waals surface area contributed by atoms with Gasteiger partial charge in [-0.1, -0.05) is 0 Å². The molecule has 1 aliphatic rings. The molecule has 0 saturated heterocycles. The molecule has 0 aromatic heterocycles. The molecule has 3 N–H and O–H groups in total. The third-order valence-corrected chi connectivity index (χ3v) is 3.19. The summed E-state index contributed by atoms with van der Waals surface area (Å²) in [5, 5.41) is 3.01. The lowest BCUT2D eigenvalue weighted by atomic mass is 10.1. The molecule has 1 aromatic carbocycles. The molecule has 4 heteroatoms. The van der Waals surface area contributed by atoms with E-state index in [0.29, 0.717) is 11.3 Å². The number of anilines is 2. The van der Waals surface area contributed by atoms with Crippen molar-refractivity contribution in [3.63, 3.8) is 0 Å². The lowest BCUT2D eigenvalue weighted by Gasteiger charge is -2.17. The number of amides is 1. The fourth-order valence-electron chi connectivity index (χ4n) is 1.76. The van der Waals surface area contributed by atoms with E-state index in [1.807, 2.05) is 31.1 Å². The first-order valence-corrected chi connectivity index (χ1v) is 5.81. The van der Waals surface area contributed by atoms with Crippen LogP contribution in [0.1, 0.15) is 30.1 Å². The van der Waals surface area contributed by atoms with Gasteiger partial charge in [0.25, 0.3) is 5.91 Å². The highest BCUT2D eigenvalue weighted by molar-refractivity contribution is 5.96. The SMILES string of the molecule is CN(C)c1ccc(C(=O)NC2(C)CC2)cc1N. The van der Waals surface area contributed by atoms with Crippen LogP contribution in [0.15, 0.2) is 18.2 Å². The Morgan fingerprint density at radius 1 is 1.41 bits per heavy atom. The van der Waals surface area contributed by atoms with E-state index in [0.717, 1.165) is 18.5 Å². The molecule has 17 heavy (non-hydrogen) atoms.